The van der Waals surface area contributed by atoms with Gasteiger partial charge in [0.05, 0.1) is 0 Å². The van der Waals surface area contributed by atoms with Crippen LogP contribution in [0.2, 0.25) is 0 Å². The molecule has 0 bridgehead atoms. The standard InChI is InChI=1S/C14H22BrN/c1-11(2)16-10-12(3)7-8-13-5-4-6-14(15)9-13/h4-6,9,11-12,16H,7-8,10H2,1-3H3. The third kappa shape index (κ3) is 5.66. The number of benzene rings is 1. The summed E-state index contributed by atoms with van der Waals surface area (Å²) in [6.45, 7) is 7.82. The predicted octanol–water partition coefficient (Wildman–Crippen LogP) is 4.02. The fourth-order valence-electron chi connectivity index (χ4n) is 1.64. The summed E-state index contributed by atoms with van der Waals surface area (Å²) in [6.07, 6.45) is 2.41. The fourth-order valence-corrected chi connectivity index (χ4v) is 2.09. The zero-order valence-electron chi connectivity index (χ0n) is 10.5. The summed E-state index contributed by atoms with van der Waals surface area (Å²) in [5.41, 5.74) is 1.42. The van der Waals surface area contributed by atoms with E-state index in [0.717, 1.165) is 12.5 Å². The van der Waals surface area contributed by atoms with Gasteiger partial charge in [-0.25, -0.2) is 0 Å². The Kier molecular flexibility index (Phi) is 6.07. The topological polar surface area (TPSA) is 12.0 Å². The van der Waals surface area contributed by atoms with Crippen molar-refractivity contribution in [1.82, 2.24) is 5.32 Å². The molecule has 0 saturated heterocycles. The van der Waals surface area contributed by atoms with E-state index in [0.29, 0.717) is 6.04 Å². The average molecular weight is 284 g/mol. The Morgan fingerprint density at radius 3 is 2.62 bits per heavy atom. The van der Waals surface area contributed by atoms with Crippen molar-refractivity contribution in [1.29, 1.82) is 0 Å². The molecule has 0 aliphatic carbocycles. The van der Waals surface area contributed by atoms with E-state index in [1.54, 1.807) is 0 Å². The molecule has 0 heterocycles. The Morgan fingerprint density at radius 2 is 2.00 bits per heavy atom. The van der Waals surface area contributed by atoms with Gasteiger partial charge < -0.3 is 5.32 Å². The van der Waals surface area contributed by atoms with Gasteiger partial charge >= 0.3 is 0 Å². The number of halogens is 1. The van der Waals surface area contributed by atoms with E-state index >= 15 is 0 Å². The summed E-state index contributed by atoms with van der Waals surface area (Å²) < 4.78 is 1.18. The van der Waals surface area contributed by atoms with E-state index in [1.807, 2.05) is 0 Å². The van der Waals surface area contributed by atoms with Crippen LogP contribution in [0.15, 0.2) is 28.7 Å². The lowest BCUT2D eigenvalue weighted by Gasteiger charge is -2.14. The Hall–Kier alpha value is -0.340. The first-order valence-electron chi connectivity index (χ1n) is 6.05. The lowest BCUT2D eigenvalue weighted by atomic mass is 10.0. The van der Waals surface area contributed by atoms with Gasteiger partial charge in [-0.3, -0.25) is 0 Å². The van der Waals surface area contributed by atoms with Gasteiger partial charge in [0.15, 0.2) is 0 Å². The van der Waals surface area contributed by atoms with Crippen LogP contribution in [0.1, 0.15) is 32.8 Å². The Labute approximate surface area is 108 Å². The van der Waals surface area contributed by atoms with Crippen LogP contribution in [0, 0.1) is 5.92 Å². The first-order chi connectivity index (χ1) is 7.58. The van der Waals surface area contributed by atoms with E-state index in [9.17, 15) is 0 Å². The zero-order chi connectivity index (χ0) is 12.0. The van der Waals surface area contributed by atoms with Crippen LogP contribution in [0.25, 0.3) is 0 Å². The summed E-state index contributed by atoms with van der Waals surface area (Å²) in [7, 11) is 0. The van der Waals surface area contributed by atoms with Crippen molar-refractivity contribution in [2.45, 2.75) is 39.7 Å². The van der Waals surface area contributed by atoms with Gasteiger partial charge in [0.2, 0.25) is 0 Å². The summed E-state index contributed by atoms with van der Waals surface area (Å²) in [4.78, 5) is 0. The summed E-state index contributed by atoms with van der Waals surface area (Å²) >= 11 is 3.51. The van der Waals surface area contributed by atoms with Crippen LogP contribution in [-0.4, -0.2) is 12.6 Å². The van der Waals surface area contributed by atoms with Gasteiger partial charge in [-0.15, -0.1) is 0 Å². The first-order valence-corrected chi connectivity index (χ1v) is 6.85. The molecule has 16 heavy (non-hydrogen) atoms. The fraction of sp³-hybridized carbons (Fsp3) is 0.571. The van der Waals surface area contributed by atoms with Gasteiger partial charge in [0.1, 0.15) is 0 Å². The highest BCUT2D eigenvalue weighted by Crippen LogP contribution is 2.15. The molecule has 1 aromatic carbocycles. The maximum Gasteiger partial charge on any atom is 0.0177 e. The highest BCUT2D eigenvalue weighted by atomic mass is 79.9. The van der Waals surface area contributed by atoms with Crippen molar-refractivity contribution in [3.05, 3.63) is 34.3 Å². The molecule has 90 valence electrons. The van der Waals surface area contributed by atoms with Gasteiger partial charge in [0.25, 0.3) is 0 Å². The number of hydrogen-bond acceptors (Lipinski definition) is 1. The number of rotatable bonds is 6. The molecule has 0 amide bonds. The molecular formula is C14H22BrN. The third-order valence-electron chi connectivity index (χ3n) is 2.69. The highest BCUT2D eigenvalue weighted by Gasteiger charge is 2.03. The van der Waals surface area contributed by atoms with E-state index in [-0.39, 0.29) is 0 Å². The van der Waals surface area contributed by atoms with Crippen molar-refractivity contribution in [3.8, 4) is 0 Å². The van der Waals surface area contributed by atoms with E-state index in [2.05, 4.69) is 66.3 Å². The largest absolute Gasteiger partial charge is 0.314 e. The average Bonchev–Trinajstić information content (AvgIpc) is 2.23. The van der Waals surface area contributed by atoms with Crippen molar-refractivity contribution < 1.29 is 0 Å². The summed E-state index contributed by atoms with van der Waals surface area (Å²) in [5, 5.41) is 3.48. The molecule has 1 aromatic rings. The molecular weight excluding hydrogens is 262 g/mol. The second-order valence-corrected chi connectivity index (χ2v) is 5.75. The van der Waals surface area contributed by atoms with Gasteiger partial charge in [-0.1, -0.05) is 48.8 Å². The lowest BCUT2D eigenvalue weighted by molar-refractivity contribution is 0.454. The quantitative estimate of drug-likeness (QED) is 0.832. The van der Waals surface area contributed by atoms with Crippen LogP contribution < -0.4 is 5.32 Å². The van der Waals surface area contributed by atoms with Crippen molar-refractivity contribution in [3.63, 3.8) is 0 Å². The Bertz CT molecular complexity index is 309. The van der Waals surface area contributed by atoms with Gasteiger partial charge in [-0.2, -0.15) is 0 Å². The van der Waals surface area contributed by atoms with E-state index < -0.39 is 0 Å². The molecule has 0 fully saturated rings. The minimum absolute atomic E-state index is 0.591. The highest BCUT2D eigenvalue weighted by molar-refractivity contribution is 9.10. The van der Waals surface area contributed by atoms with Crippen LogP contribution in [0.3, 0.4) is 0 Å². The Morgan fingerprint density at radius 1 is 1.25 bits per heavy atom. The molecule has 1 unspecified atom stereocenters. The molecule has 0 spiro atoms. The third-order valence-corrected chi connectivity index (χ3v) is 3.18. The minimum Gasteiger partial charge on any atom is -0.314 e. The Balaban J connectivity index is 2.28. The van der Waals surface area contributed by atoms with Crippen molar-refractivity contribution in [2.75, 3.05) is 6.54 Å². The molecule has 1 rings (SSSR count). The molecule has 2 heteroatoms. The minimum atomic E-state index is 0.591. The van der Waals surface area contributed by atoms with Gasteiger partial charge in [-0.05, 0) is 43.0 Å². The van der Waals surface area contributed by atoms with Crippen LogP contribution in [0.4, 0.5) is 0 Å². The molecule has 0 radical (unpaired) electrons. The van der Waals surface area contributed by atoms with Crippen LogP contribution in [-0.2, 0) is 6.42 Å². The first kappa shape index (κ1) is 13.7. The summed E-state index contributed by atoms with van der Waals surface area (Å²) in [5.74, 6) is 0.737. The molecule has 0 saturated carbocycles. The van der Waals surface area contributed by atoms with Crippen molar-refractivity contribution in [2.24, 2.45) is 5.92 Å². The van der Waals surface area contributed by atoms with Gasteiger partial charge in [0, 0.05) is 10.5 Å². The normalized spacial score (nSPS) is 13.1. The molecule has 1 N–H and O–H groups in total. The maximum absolute atomic E-state index is 3.51. The molecule has 0 aliphatic heterocycles. The lowest BCUT2D eigenvalue weighted by Crippen LogP contribution is -2.28. The smallest absolute Gasteiger partial charge is 0.0177 e. The SMILES string of the molecule is CC(CCc1cccc(Br)c1)CNC(C)C. The molecule has 0 aromatic heterocycles. The summed E-state index contributed by atoms with van der Waals surface area (Å²) in [6, 6.07) is 9.19. The van der Waals surface area contributed by atoms with Crippen molar-refractivity contribution >= 4 is 15.9 Å². The molecule has 1 nitrogen and oxygen atoms in total. The second-order valence-electron chi connectivity index (χ2n) is 4.84. The number of nitrogens with one attached hydrogen (secondary N) is 1. The predicted molar refractivity (Wildman–Crippen MR) is 74.8 cm³/mol. The van der Waals surface area contributed by atoms with E-state index in [4.69, 9.17) is 0 Å². The monoisotopic (exact) mass is 283 g/mol. The maximum atomic E-state index is 3.51. The molecule has 0 aliphatic rings. The zero-order valence-corrected chi connectivity index (χ0v) is 12.0. The van der Waals surface area contributed by atoms with E-state index in [1.165, 1.54) is 22.9 Å². The molecule has 1 atom stereocenters. The number of hydrogen-bond donors (Lipinski definition) is 1. The second kappa shape index (κ2) is 7.08. The van der Waals surface area contributed by atoms with Crippen LogP contribution in [0.5, 0.6) is 0 Å². The number of aryl methyl sites for hydroxylation is 1. The van der Waals surface area contributed by atoms with Crippen LogP contribution >= 0.6 is 15.9 Å².